The van der Waals surface area contributed by atoms with Crippen LogP contribution in [0.4, 0.5) is 11.6 Å². The lowest BCUT2D eigenvalue weighted by molar-refractivity contribution is 0.178. The number of ether oxygens (including phenoxy) is 1. The second-order valence-corrected chi connectivity index (χ2v) is 4.27. The molecule has 6 heteroatoms. The van der Waals surface area contributed by atoms with E-state index in [1.54, 1.807) is 14.0 Å². The van der Waals surface area contributed by atoms with Crippen LogP contribution in [0.15, 0.2) is 6.07 Å². The number of hydrogen-bond donors (Lipinski definition) is 2. The number of aromatic nitrogens is 2. The molecule has 0 aliphatic rings. The van der Waals surface area contributed by atoms with Gasteiger partial charge in [-0.3, -0.25) is 0 Å². The lowest BCUT2D eigenvalue weighted by Gasteiger charge is -2.20. The molecule has 0 bridgehead atoms. The first kappa shape index (κ1) is 14.7. The van der Waals surface area contributed by atoms with Gasteiger partial charge < -0.3 is 20.1 Å². The van der Waals surface area contributed by atoms with Crippen molar-refractivity contribution in [3.63, 3.8) is 0 Å². The zero-order valence-corrected chi connectivity index (χ0v) is 11.5. The second-order valence-electron chi connectivity index (χ2n) is 4.27. The summed E-state index contributed by atoms with van der Waals surface area (Å²) in [5.41, 5.74) is 0. The molecule has 1 aromatic heterocycles. The van der Waals surface area contributed by atoms with Crippen molar-refractivity contribution in [2.75, 3.05) is 38.0 Å². The minimum absolute atomic E-state index is 0.309. The van der Waals surface area contributed by atoms with Crippen LogP contribution in [0.5, 0.6) is 0 Å². The molecular weight excluding hydrogens is 232 g/mol. The number of rotatable bonds is 7. The van der Waals surface area contributed by atoms with Gasteiger partial charge in [-0.05, 0) is 13.3 Å². The van der Waals surface area contributed by atoms with Gasteiger partial charge >= 0.3 is 0 Å². The van der Waals surface area contributed by atoms with Crippen molar-refractivity contribution in [2.24, 2.45) is 0 Å². The highest BCUT2D eigenvalue weighted by Gasteiger charge is 2.08. The molecule has 0 radical (unpaired) electrons. The standard InChI is InChI=1S/C12H22N4O2/c1-9(17)5-6-16(3)12-7-10(13-2)14-11(15-12)8-18-4/h7,9,17H,5-6,8H2,1-4H3,(H,13,14,15). The summed E-state index contributed by atoms with van der Waals surface area (Å²) in [7, 11) is 5.38. The number of aliphatic hydroxyl groups is 1. The Balaban J connectivity index is 2.82. The van der Waals surface area contributed by atoms with Crippen LogP contribution in [0.3, 0.4) is 0 Å². The lowest BCUT2D eigenvalue weighted by Crippen LogP contribution is -2.23. The molecule has 0 fully saturated rings. The van der Waals surface area contributed by atoms with Gasteiger partial charge in [0, 0.05) is 33.8 Å². The molecule has 0 aliphatic carbocycles. The van der Waals surface area contributed by atoms with Crippen LogP contribution in [0.1, 0.15) is 19.2 Å². The van der Waals surface area contributed by atoms with Crippen molar-refractivity contribution in [3.8, 4) is 0 Å². The molecule has 1 aromatic rings. The third-order valence-electron chi connectivity index (χ3n) is 2.56. The topological polar surface area (TPSA) is 70.5 Å². The van der Waals surface area contributed by atoms with E-state index in [0.29, 0.717) is 18.9 Å². The van der Waals surface area contributed by atoms with Crippen molar-refractivity contribution < 1.29 is 9.84 Å². The Morgan fingerprint density at radius 3 is 2.78 bits per heavy atom. The van der Waals surface area contributed by atoms with Gasteiger partial charge in [0.25, 0.3) is 0 Å². The van der Waals surface area contributed by atoms with Crippen LogP contribution in [0.25, 0.3) is 0 Å². The Bertz CT molecular complexity index is 371. The molecule has 102 valence electrons. The number of methoxy groups -OCH3 is 1. The van der Waals surface area contributed by atoms with E-state index in [0.717, 1.165) is 18.2 Å². The van der Waals surface area contributed by atoms with Gasteiger partial charge in [-0.1, -0.05) is 0 Å². The summed E-state index contributed by atoms with van der Waals surface area (Å²) in [6, 6.07) is 1.88. The van der Waals surface area contributed by atoms with Crippen molar-refractivity contribution >= 4 is 11.6 Å². The van der Waals surface area contributed by atoms with Gasteiger partial charge in [0.2, 0.25) is 0 Å². The predicted octanol–water partition coefficient (Wildman–Crippen LogP) is 0.872. The molecule has 0 saturated carbocycles. The van der Waals surface area contributed by atoms with Gasteiger partial charge in [-0.2, -0.15) is 0 Å². The summed E-state index contributed by atoms with van der Waals surface area (Å²) in [5.74, 6) is 2.22. The van der Waals surface area contributed by atoms with Crippen LogP contribution in [0.2, 0.25) is 0 Å². The Morgan fingerprint density at radius 2 is 2.22 bits per heavy atom. The summed E-state index contributed by atoms with van der Waals surface area (Å²) in [4.78, 5) is 10.7. The second kappa shape index (κ2) is 7.13. The Kier molecular flexibility index (Phi) is 5.80. The molecule has 1 rings (SSSR count). The summed E-state index contributed by atoms with van der Waals surface area (Å²) in [6.45, 7) is 2.90. The molecule has 0 amide bonds. The average Bonchev–Trinajstić information content (AvgIpc) is 2.35. The highest BCUT2D eigenvalue weighted by molar-refractivity contribution is 5.48. The van der Waals surface area contributed by atoms with Crippen molar-refractivity contribution in [1.82, 2.24) is 9.97 Å². The van der Waals surface area contributed by atoms with E-state index in [1.165, 1.54) is 0 Å². The minimum Gasteiger partial charge on any atom is -0.393 e. The Morgan fingerprint density at radius 1 is 1.50 bits per heavy atom. The fourth-order valence-electron chi connectivity index (χ4n) is 1.50. The molecule has 1 unspecified atom stereocenters. The maximum absolute atomic E-state index is 9.30. The van der Waals surface area contributed by atoms with E-state index in [4.69, 9.17) is 4.74 Å². The van der Waals surface area contributed by atoms with Gasteiger partial charge in [-0.15, -0.1) is 0 Å². The van der Waals surface area contributed by atoms with Crippen LogP contribution >= 0.6 is 0 Å². The first-order valence-corrected chi connectivity index (χ1v) is 6.00. The summed E-state index contributed by atoms with van der Waals surface area (Å²) >= 11 is 0. The first-order chi connectivity index (χ1) is 8.56. The number of aliphatic hydroxyl groups excluding tert-OH is 1. The first-order valence-electron chi connectivity index (χ1n) is 6.00. The third-order valence-corrected chi connectivity index (χ3v) is 2.56. The molecular formula is C12H22N4O2. The van der Waals surface area contributed by atoms with Crippen LogP contribution in [-0.2, 0) is 11.3 Å². The maximum Gasteiger partial charge on any atom is 0.158 e. The van der Waals surface area contributed by atoms with E-state index in [1.807, 2.05) is 25.1 Å². The number of anilines is 2. The van der Waals surface area contributed by atoms with Crippen molar-refractivity contribution in [2.45, 2.75) is 26.1 Å². The molecule has 0 aliphatic heterocycles. The molecule has 1 heterocycles. The van der Waals surface area contributed by atoms with Gasteiger partial charge in [-0.25, -0.2) is 9.97 Å². The molecule has 1 atom stereocenters. The molecule has 6 nitrogen and oxygen atoms in total. The molecule has 0 aromatic carbocycles. The van der Waals surface area contributed by atoms with E-state index in [2.05, 4.69) is 15.3 Å². The van der Waals surface area contributed by atoms with E-state index >= 15 is 0 Å². The van der Waals surface area contributed by atoms with Gasteiger partial charge in [0.05, 0.1) is 6.10 Å². The summed E-state index contributed by atoms with van der Waals surface area (Å²) < 4.78 is 5.05. The zero-order chi connectivity index (χ0) is 13.5. The number of nitrogens with one attached hydrogen (secondary N) is 1. The Hall–Kier alpha value is -1.40. The highest BCUT2D eigenvalue weighted by atomic mass is 16.5. The maximum atomic E-state index is 9.30. The molecule has 18 heavy (non-hydrogen) atoms. The normalized spacial score (nSPS) is 12.3. The quantitative estimate of drug-likeness (QED) is 0.752. The lowest BCUT2D eigenvalue weighted by atomic mass is 10.3. The van der Waals surface area contributed by atoms with Crippen molar-refractivity contribution in [3.05, 3.63) is 11.9 Å². The summed E-state index contributed by atoms with van der Waals surface area (Å²) in [5, 5.41) is 12.3. The van der Waals surface area contributed by atoms with Crippen LogP contribution in [0, 0.1) is 0 Å². The van der Waals surface area contributed by atoms with Crippen LogP contribution in [-0.4, -0.2) is 48.9 Å². The number of nitrogens with zero attached hydrogens (tertiary/aromatic N) is 3. The van der Waals surface area contributed by atoms with Gasteiger partial charge in [0.1, 0.15) is 18.2 Å². The van der Waals surface area contributed by atoms with Crippen LogP contribution < -0.4 is 10.2 Å². The SMILES string of the molecule is CNc1cc(N(C)CCC(C)O)nc(COC)n1. The predicted molar refractivity (Wildman–Crippen MR) is 71.9 cm³/mol. The fraction of sp³-hybridized carbons (Fsp3) is 0.667. The minimum atomic E-state index is -0.309. The third kappa shape index (κ3) is 4.46. The summed E-state index contributed by atoms with van der Waals surface area (Å²) in [6.07, 6.45) is 0.395. The molecule has 0 saturated heterocycles. The van der Waals surface area contributed by atoms with Crippen molar-refractivity contribution in [1.29, 1.82) is 0 Å². The molecule has 2 N–H and O–H groups in total. The van der Waals surface area contributed by atoms with E-state index < -0.39 is 0 Å². The van der Waals surface area contributed by atoms with Gasteiger partial charge in [0.15, 0.2) is 5.82 Å². The van der Waals surface area contributed by atoms with E-state index in [9.17, 15) is 5.11 Å². The zero-order valence-electron chi connectivity index (χ0n) is 11.5. The average molecular weight is 254 g/mol. The largest absolute Gasteiger partial charge is 0.393 e. The Labute approximate surface area is 108 Å². The number of hydrogen-bond acceptors (Lipinski definition) is 6. The van der Waals surface area contributed by atoms with E-state index in [-0.39, 0.29) is 6.10 Å². The fourth-order valence-corrected chi connectivity index (χ4v) is 1.50. The highest BCUT2D eigenvalue weighted by Crippen LogP contribution is 2.15. The molecule has 0 spiro atoms. The smallest absolute Gasteiger partial charge is 0.158 e. The monoisotopic (exact) mass is 254 g/mol.